The normalized spacial score (nSPS) is 11.5. The number of hydrogen-bond acceptors (Lipinski definition) is 8. The number of fused-ring (bicyclic) bond motifs is 5. The van der Waals surface area contributed by atoms with E-state index in [0.29, 0.717) is 23.0 Å². The molecule has 4 aromatic heterocycles. The molecule has 4 nitrogen and oxygen atoms in total. The predicted molar refractivity (Wildman–Crippen MR) is 153 cm³/mol. The van der Waals surface area contributed by atoms with Crippen LogP contribution in [0, 0.1) is 0 Å². The van der Waals surface area contributed by atoms with E-state index in [1.807, 2.05) is 74.5 Å². The van der Waals surface area contributed by atoms with Crippen molar-refractivity contribution in [3.05, 3.63) is 70.4 Å². The Kier molecular flexibility index (Phi) is 6.13. The molecule has 0 unspecified atom stereocenters. The van der Waals surface area contributed by atoms with Crippen LogP contribution in [0.25, 0.3) is 50.5 Å². The molecule has 2 aromatic carbocycles. The van der Waals surface area contributed by atoms with Gasteiger partial charge in [0.15, 0.2) is 0 Å². The molecule has 0 amide bonds. The first-order valence-electron chi connectivity index (χ1n) is 11.5. The highest BCUT2D eigenvalue weighted by atomic mass is 32.1. The van der Waals surface area contributed by atoms with Gasteiger partial charge in [0.25, 0.3) is 0 Å². The Balaban J connectivity index is 1.65. The first kappa shape index (κ1) is 23.4. The predicted octanol–water partition coefficient (Wildman–Crippen LogP) is 9.08. The lowest BCUT2D eigenvalue weighted by atomic mass is 10.1. The fourth-order valence-electron chi connectivity index (χ4n) is 4.34. The number of benzene rings is 2. The van der Waals surface area contributed by atoms with E-state index in [2.05, 4.69) is 0 Å². The number of ether oxygens (including phenoxy) is 2. The molecule has 0 aliphatic carbocycles. The van der Waals surface area contributed by atoms with Gasteiger partial charge in [-0.15, -0.1) is 45.3 Å². The maximum absolute atomic E-state index is 12.9. The number of esters is 2. The second-order valence-corrected chi connectivity index (χ2v) is 12.0. The molecule has 0 saturated heterocycles. The Labute approximate surface area is 223 Å². The number of thiophene rings is 4. The van der Waals surface area contributed by atoms with E-state index in [1.165, 1.54) is 22.7 Å². The van der Waals surface area contributed by atoms with Crippen molar-refractivity contribution in [2.75, 3.05) is 13.2 Å². The van der Waals surface area contributed by atoms with E-state index in [0.717, 1.165) is 50.5 Å². The summed E-state index contributed by atoms with van der Waals surface area (Å²) in [4.78, 5) is 27.1. The topological polar surface area (TPSA) is 52.6 Å². The van der Waals surface area contributed by atoms with Gasteiger partial charge in [-0.05, 0) is 25.0 Å². The zero-order chi connectivity index (χ0) is 24.8. The summed E-state index contributed by atoms with van der Waals surface area (Å²) < 4.78 is 17.5. The molecule has 0 aliphatic heterocycles. The van der Waals surface area contributed by atoms with Crippen LogP contribution in [0.15, 0.2) is 60.7 Å². The molecule has 0 bridgehead atoms. The van der Waals surface area contributed by atoms with Crippen LogP contribution in [0.1, 0.15) is 33.2 Å². The second-order valence-electron chi connectivity index (χ2n) is 7.96. The molecule has 0 aliphatic rings. The summed E-state index contributed by atoms with van der Waals surface area (Å²) in [6, 6.07) is 20.0. The highest BCUT2D eigenvalue weighted by Gasteiger charge is 2.29. The Hall–Kier alpha value is -3.04. The Morgan fingerprint density at radius 3 is 1.28 bits per heavy atom. The van der Waals surface area contributed by atoms with Gasteiger partial charge < -0.3 is 9.47 Å². The van der Waals surface area contributed by atoms with Crippen molar-refractivity contribution in [1.29, 1.82) is 0 Å². The van der Waals surface area contributed by atoms with E-state index in [1.54, 1.807) is 22.7 Å². The van der Waals surface area contributed by atoms with E-state index >= 15 is 0 Å². The van der Waals surface area contributed by atoms with Crippen molar-refractivity contribution < 1.29 is 19.1 Å². The molecule has 4 heterocycles. The quantitative estimate of drug-likeness (QED) is 0.195. The molecule has 0 spiro atoms. The van der Waals surface area contributed by atoms with Crippen LogP contribution in [0.4, 0.5) is 0 Å². The van der Waals surface area contributed by atoms with Gasteiger partial charge in [-0.2, -0.15) is 0 Å². The molecule has 0 atom stereocenters. The first-order chi connectivity index (χ1) is 17.6. The van der Waals surface area contributed by atoms with Gasteiger partial charge in [-0.1, -0.05) is 60.7 Å². The highest BCUT2D eigenvalue weighted by Crippen LogP contribution is 2.55. The van der Waals surface area contributed by atoms with E-state index in [-0.39, 0.29) is 11.9 Å². The maximum Gasteiger partial charge on any atom is 0.349 e. The van der Waals surface area contributed by atoms with Gasteiger partial charge in [0.05, 0.1) is 41.4 Å². The molecule has 0 fully saturated rings. The van der Waals surface area contributed by atoms with E-state index in [4.69, 9.17) is 9.47 Å². The smallest absolute Gasteiger partial charge is 0.349 e. The average molecular weight is 549 g/mol. The molecular weight excluding hydrogens is 529 g/mol. The minimum Gasteiger partial charge on any atom is -0.462 e. The number of carbonyl (C=O) groups excluding carboxylic acids is 2. The maximum atomic E-state index is 12.9. The number of rotatable bonds is 6. The number of hydrogen-bond donors (Lipinski definition) is 0. The largest absolute Gasteiger partial charge is 0.462 e. The fraction of sp³-hybridized carbons (Fsp3) is 0.143. The van der Waals surface area contributed by atoms with Gasteiger partial charge in [-0.3, -0.25) is 0 Å². The fourth-order valence-corrected chi connectivity index (χ4v) is 10.3. The zero-order valence-corrected chi connectivity index (χ0v) is 22.7. The summed E-state index contributed by atoms with van der Waals surface area (Å²) in [5, 5.41) is 0. The molecule has 0 saturated carbocycles. The average Bonchev–Trinajstić information content (AvgIpc) is 3.62. The summed E-state index contributed by atoms with van der Waals surface area (Å²) in [6.45, 7) is 4.32. The lowest BCUT2D eigenvalue weighted by molar-refractivity contribution is 0.0523. The number of carbonyl (C=O) groups is 2. The van der Waals surface area contributed by atoms with Gasteiger partial charge in [0.1, 0.15) is 9.75 Å². The highest BCUT2D eigenvalue weighted by molar-refractivity contribution is 7.45. The van der Waals surface area contributed by atoms with Gasteiger partial charge in [0, 0.05) is 11.1 Å². The third kappa shape index (κ3) is 3.67. The molecule has 6 aromatic rings. The van der Waals surface area contributed by atoms with Crippen molar-refractivity contribution in [2.45, 2.75) is 13.8 Å². The van der Waals surface area contributed by atoms with Crippen molar-refractivity contribution in [1.82, 2.24) is 0 Å². The van der Waals surface area contributed by atoms with Crippen LogP contribution < -0.4 is 0 Å². The summed E-state index contributed by atoms with van der Waals surface area (Å²) in [5.74, 6) is -0.573. The summed E-state index contributed by atoms with van der Waals surface area (Å²) in [7, 11) is 0. The second kappa shape index (κ2) is 9.44. The van der Waals surface area contributed by atoms with Crippen LogP contribution >= 0.6 is 45.3 Å². The lowest BCUT2D eigenvalue weighted by Gasteiger charge is -2.04. The van der Waals surface area contributed by atoms with E-state index in [9.17, 15) is 9.59 Å². The first-order valence-corrected chi connectivity index (χ1v) is 14.8. The van der Waals surface area contributed by atoms with Gasteiger partial charge in [-0.25, -0.2) is 9.59 Å². The molecule has 6 rings (SSSR count). The Morgan fingerprint density at radius 2 is 0.917 bits per heavy atom. The molecule has 8 heteroatoms. The van der Waals surface area contributed by atoms with Crippen LogP contribution in [-0.4, -0.2) is 25.2 Å². The van der Waals surface area contributed by atoms with Crippen molar-refractivity contribution >= 4 is 85.5 Å². The van der Waals surface area contributed by atoms with Crippen LogP contribution in [0.3, 0.4) is 0 Å². The van der Waals surface area contributed by atoms with Gasteiger partial charge >= 0.3 is 11.9 Å². The Bertz CT molecular complexity index is 1610. The van der Waals surface area contributed by atoms with Crippen LogP contribution in [0.2, 0.25) is 0 Å². The summed E-state index contributed by atoms with van der Waals surface area (Å²) in [5.41, 5.74) is 3.86. The molecule has 36 heavy (non-hydrogen) atoms. The van der Waals surface area contributed by atoms with Crippen molar-refractivity contribution in [3.63, 3.8) is 0 Å². The third-order valence-corrected chi connectivity index (χ3v) is 11.3. The zero-order valence-electron chi connectivity index (χ0n) is 19.5. The summed E-state index contributed by atoms with van der Waals surface area (Å²) >= 11 is 6.38. The standard InChI is InChI=1S/C28H20O4S4/c1-3-31-27(29)21-17(15-11-7-5-8-12-15)19-23(35-21)25-26(33-19)24-20(34-25)18(16-13-9-6-10-14-16)22(36-24)28(30)32-4-2/h5-14H,3-4H2,1-2H3. The van der Waals surface area contributed by atoms with Crippen LogP contribution in [0.5, 0.6) is 0 Å². The monoisotopic (exact) mass is 548 g/mol. The van der Waals surface area contributed by atoms with Gasteiger partial charge in [0.2, 0.25) is 0 Å². The third-order valence-electron chi connectivity index (χ3n) is 5.80. The Morgan fingerprint density at radius 1 is 0.556 bits per heavy atom. The van der Waals surface area contributed by atoms with E-state index < -0.39 is 0 Å². The SMILES string of the molecule is CCOC(=O)c1sc2c(sc3c4sc(C(=O)OCC)c(-c5ccccc5)c4sc23)c1-c1ccccc1. The molecular formula is C28H20O4S4. The minimum absolute atomic E-state index is 0.286. The van der Waals surface area contributed by atoms with Crippen LogP contribution in [-0.2, 0) is 9.47 Å². The molecule has 0 N–H and O–H groups in total. The molecule has 0 radical (unpaired) electrons. The summed E-state index contributed by atoms with van der Waals surface area (Å²) in [6.07, 6.45) is 0. The van der Waals surface area contributed by atoms with Crippen molar-refractivity contribution in [3.8, 4) is 22.3 Å². The lowest BCUT2D eigenvalue weighted by Crippen LogP contribution is -2.03. The minimum atomic E-state index is -0.286. The molecule has 180 valence electrons. The van der Waals surface area contributed by atoms with Crippen molar-refractivity contribution in [2.24, 2.45) is 0 Å².